The van der Waals surface area contributed by atoms with Crippen LogP contribution in [0.15, 0.2) is 47.4 Å². The van der Waals surface area contributed by atoms with Gasteiger partial charge in [0.15, 0.2) is 0 Å². The zero-order chi connectivity index (χ0) is 18.0. The third kappa shape index (κ3) is 3.79. The Morgan fingerprint density at radius 1 is 1.20 bits per heavy atom. The van der Waals surface area contributed by atoms with Crippen LogP contribution in [-0.2, 0) is 6.54 Å². The van der Waals surface area contributed by atoms with Gasteiger partial charge in [0.25, 0.3) is 17.4 Å². The molecule has 6 heteroatoms. The summed E-state index contributed by atoms with van der Waals surface area (Å²) >= 11 is 0. The molecule has 2 N–H and O–H groups in total. The second-order valence-corrected chi connectivity index (χ2v) is 6.43. The average Bonchev–Trinajstić information content (AvgIpc) is 3.31. The average molecular weight is 339 g/mol. The van der Waals surface area contributed by atoms with Gasteiger partial charge in [0, 0.05) is 19.3 Å². The van der Waals surface area contributed by atoms with Crippen molar-refractivity contribution in [2.24, 2.45) is 5.92 Å². The van der Waals surface area contributed by atoms with Gasteiger partial charge in [0.05, 0.1) is 12.1 Å². The highest BCUT2D eigenvalue weighted by Crippen LogP contribution is 2.29. The van der Waals surface area contributed by atoms with E-state index in [2.05, 4.69) is 17.6 Å². The maximum absolute atomic E-state index is 12.6. The normalized spacial score (nSPS) is 18.5. The fraction of sp³-hybridized carbons (Fsp3) is 0.316. The van der Waals surface area contributed by atoms with Crippen LogP contribution in [0.3, 0.4) is 0 Å². The predicted molar refractivity (Wildman–Crippen MR) is 94.7 cm³/mol. The van der Waals surface area contributed by atoms with Gasteiger partial charge in [-0.1, -0.05) is 37.3 Å². The van der Waals surface area contributed by atoms with E-state index in [0.717, 1.165) is 12.0 Å². The molecule has 0 unspecified atom stereocenters. The van der Waals surface area contributed by atoms with Crippen LogP contribution in [0.5, 0.6) is 0 Å². The molecule has 1 aliphatic carbocycles. The first-order chi connectivity index (χ1) is 12.0. The van der Waals surface area contributed by atoms with E-state index >= 15 is 0 Å². The first kappa shape index (κ1) is 17.0. The van der Waals surface area contributed by atoms with Gasteiger partial charge in [-0.25, -0.2) is 0 Å². The summed E-state index contributed by atoms with van der Waals surface area (Å²) in [7, 11) is 1.46. The topological polar surface area (TPSA) is 80.2 Å². The number of nitrogens with one attached hydrogen (secondary N) is 2. The smallest absolute Gasteiger partial charge is 0.263 e. The summed E-state index contributed by atoms with van der Waals surface area (Å²) in [5.41, 5.74) is 0.781. The van der Waals surface area contributed by atoms with Crippen LogP contribution in [0.25, 0.3) is 0 Å². The molecular formula is C19H21N3O3. The number of hydrogen-bond donors (Lipinski definition) is 2. The minimum atomic E-state index is -0.499. The number of benzene rings is 1. The van der Waals surface area contributed by atoms with Crippen molar-refractivity contribution >= 4 is 11.8 Å². The summed E-state index contributed by atoms with van der Waals surface area (Å²) in [6, 6.07) is 11.0. The Balaban J connectivity index is 1.97. The first-order valence-electron chi connectivity index (χ1n) is 8.31. The molecule has 0 spiro atoms. The Morgan fingerprint density at radius 3 is 2.48 bits per heavy atom. The van der Waals surface area contributed by atoms with Crippen molar-refractivity contribution in [3.05, 3.63) is 69.6 Å². The van der Waals surface area contributed by atoms with E-state index in [1.807, 2.05) is 30.3 Å². The number of hydrogen-bond acceptors (Lipinski definition) is 3. The Bertz CT molecular complexity index is 858. The number of carbonyl (C=O) groups is 2. The third-order valence-corrected chi connectivity index (χ3v) is 4.44. The van der Waals surface area contributed by atoms with E-state index in [-0.39, 0.29) is 17.5 Å². The summed E-state index contributed by atoms with van der Waals surface area (Å²) in [5, 5.41) is 5.38. The first-order valence-corrected chi connectivity index (χ1v) is 8.31. The quantitative estimate of drug-likeness (QED) is 0.864. The number of rotatable bonds is 5. The Hall–Kier alpha value is -2.89. The predicted octanol–water partition coefficient (Wildman–Crippen LogP) is 1.39. The van der Waals surface area contributed by atoms with Gasteiger partial charge in [0.1, 0.15) is 5.56 Å². The van der Waals surface area contributed by atoms with Gasteiger partial charge in [-0.3, -0.25) is 14.4 Å². The van der Waals surface area contributed by atoms with Crippen LogP contribution < -0.4 is 16.2 Å². The van der Waals surface area contributed by atoms with Crippen molar-refractivity contribution in [3.63, 3.8) is 0 Å². The molecule has 1 fully saturated rings. The number of amides is 2. The lowest BCUT2D eigenvalue weighted by atomic mass is 10.1. The van der Waals surface area contributed by atoms with E-state index in [1.165, 1.54) is 23.9 Å². The number of pyridine rings is 1. The van der Waals surface area contributed by atoms with E-state index in [0.29, 0.717) is 18.0 Å². The largest absolute Gasteiger partial charge is 0.355 e. The van der Waals surface area contributed by atoms with Crippen LogP contribution in [0.1, 0.15) is 39.6 Å². The van der Waals surface area contributed by atoms with E-state index in [9.17, 15) is 14.4 Å². The van der Waals surface area contributed by atoms with Crippen molar-refractivity contribution < 1.29 is 9.59 Å². The zero-order valence-electron chi connectivity index (χ0n) is 14.3. The summed E-state index contributed by atoms with van der Waals surface area (Å²) in [5.74, 6) is -0.292. The van der Waals surface area contributed by atoms with Crippen LogP contribution in [0, 0.1) is 5.92 Å². The van der Waals surface area contributed by atoms with Gasteiger partial charge >= 0.3 is 0 Å². The van der Waals surface area contributed by atoms with Crippen molar-refractivity contribution in [3.8, 4) is 0 Å². The minimum Gasteiger partial charge on any atom is -0.355 e. The number of nitrogens with zero attached hydrogens (tertiary/aromatic N) is 1. The van der Waals surface area contributed by atoms with Gasteiger partial charge in [0.2, 0.25) is 0 Å². The Kier molecular flexibility index (Phi) is 4.70. The summed E-state index contributed by atoms with van der Waals surface area (Å²) in [6.45, 7) is 2.36. The number of aromatic nitrogens is 1. The van der Waals surface area contributed by atoms with Crippen molar-refractivity contribution in [1.29, 1.82) is 0 Å². The fourth-order valence-electron chi connectivity index (χ4n) is 2.73. The summed E-state index contributed by atoms with van der Waals surface area (Å²) in [4.78, 5) is 37.1. The number of carbonyl (C=O) groups excluding carboxylic acids is 2. The van der Waals surface area contributed by atoms with Gasteiger partial charge < -0.3 is 15.2 Å². The van der Waals surface area contributed by atoms with Crippen LogP contribution in [0.4, 0.5) is 0 Å². The lowest BCUT2D eigenvalue weighted by molar-refractivity contribution is 0.0948. The molecule has 2 aromatic rings. The summed E-state index contributed by atoms with van der Waals surface area (Å²) < 4.78 is 1.41. The second-order valence-electron chi connectivity index (χ2n) is 6.43. The zero-order valence-corrected chi connectivity index (χ0v) is 14.3. The van der Waals surface area contributed by atoms with Crippen LogP contribution in [-0.4, -0.2) is 29.5 Å². The summed E-state index contributed by atoms with van der Waals surface area (Å²) in [6.07, 6.45) is 2.47. The van der Waals surface area contributed by atoms with Crippen molar-refractivity contribution in [1.82, 2.24) is 15.2 Å². The minimum absolute atomic E-state index is 0.0325. The van der Waals surface area contributed by atoms with Gasteiger partial charge in [-0.05, 0) is 24.0 Å². The molecule has 130 valence electrons. The molecule has 2 atom stereocenters. The second kappa shape index (κ2) is 6.93. The third-order valence-electron chi connectivity index (χ3n) is 4.44. The molecule has 0 bridgehead atoms. The molecule has 1 saturated carbocycles. The lowest BCUT2D eigenvalue weighted by Crippen LogP contribution is -2.34. The van der Waals surface area contributed by atoms with Gasteiger partial charge in [-0.2, -0.15) is 0 Å². The molecular weight excluding hydrogens is 318 g/mol. The molecule has 3 rings (SSSR count). The monoisotopic (exact) mass is 339 g/mol. The molecule has 6 nitrogen and oxygen atoms in total. The molecule has 0 aliphatic heterocycles. The molecule has 0 saturated heterocycles. The van der Waals surface area contributed by atoms with Crippen LogP contribution >= 0.6 is 0 Å². The lowest BCUT2D eigenvalue weighted by Gasteiger charge is -2.12. The molecule has 1 heterocycles. The Morgan fingerprint density at radius 2 is 1.88 bits per heavy atom. The van der Waals surface area contributed by atoms with E-state index in [1.54, 1.807) is 0 Å². The molecule has 25 heavy (non-hydrogen) atoms. The fourth-order valence-corrected chi connectivity index (χ4v) is 2.73. The van der Waals surface area contributed by atoms with Gasteiger partial charge in [-0.15, -0.1) is 0 Å². The highest BCUT2D eigenvalue weighted by Gasteiger charge is 2.34. The molecule has 1 aromatic carbocycles. The molecule has 2 amide bonds. The highest BCUT2D eigenvalue weighted by atomic mass is 16.2. The SMILES string of the molecule is CNC(=O)c1cc(C(=O)N[C@H]2C[C@@H]2C)cn(Cc2ccccc2)c1=O. The maximum atomic E-state index is 12.6. The van der Waals surface area contributed by atoms with Crippen molar-refractivity contribution in [2.45, 2.75) is 25.9 Å². The molecule has 1 aromatic heterocycles. The molecule has 1 aliphatic rings. The van der Waals surface area contributed by atoms with E-state index < -0.39 is 11.5 Å². The van der Waals surface area contributed by atoms with E-state index in [4.69, 9.17) is 0 Å². The van der Waals surface area contributed by atoms with Crippen LogP contribution in [0.2, 0.25) is 0 Å². The highest BCUT2D eigenvalue weighted by molar-refractivity contribution is 5.99. The standard InChI is InChI=1S/C19H21N3O3/c1-12-8-16(12)21-17(23)14-9-15(18(24)20-2)19(25)22(11-14)10-13-6-4-3-5-7-13/h3-7,9,11-12,16H,8,10H2,1-2H3,(H,20,24)(H,21,23)/t12-,16-/m0/s1. The maximum Gasteiger partial charge on any atom is 0.263 e. The van der Waals surface area contributed by atoms with Crippen molar-refractivity contribution in [2.75, 3.05) is 7.05 Å². The Labute approximate surface area is 145 Å². The molecule has 0 radical (unpaired) electrons.